The number of hydrogen-bond acceptors (Lipinski definition) is 10. The molecule has 14 heteroatoms. The monoisotopic (exact) mass is 738 g/mol. The third-order valence-corrected chi connectivity index (χ3v) is 11.2. The van der Waals surface area contributed by atoms with Crippen molar-refractivity contribution < 1.29 is 41.3 Å². The highest BCUT2D eigenvalue weighted by molar-refractivity contribution is 7.85. The maximum absolute atomic E-state index is 14.5. The number of aryl methyl sites for hydroxylation is 1. The molecule has 3 fully saturated rings. The molecule has 1 aromatic carbocycles. The number of likely N-dealkylation sites (tertiary alicyclic amines) is 1. The number of nitrogens with zero attached hydrogens (tertiary/aromatic N) is 3. The summed E-state index contributed by atoms with van der Waals surface area (Å²) in [5.74, 6) is -3.45. The Labute approximate surface area is 306 Å². The molecular formula is C38H50N4O9S. The third-order valence-electron chi connectivity index (χ3n) is 10.2. The smallest absolute Gasteiger partial charge is 0.362 e. The first-order valence-electron chi connectivity index (χ1n) is 17.7. The van der Waals surface area contributed by atoms with Gasteiger partial charge in [0.15, 0.2) is 5.78 Å². The molecule has 1 aromatic heterocycles. The zero-order valence-corrected chi connectivity index (χ0v) is 32.1. The number of carbonyl (C=O) groups is 4. The third kappa shape index (κ3) is 9.09. The number of benzene rings is 1. The van der Waals surface area contributed by atoms with Crippen molar-refractivity contribution >= 4 is 44.6 Å². The molecule has 13 nitrogen and oxygen atoms in total. The molecule has 3 aliphatic rings. The minimum Gasteiger partial charge on any atom is -0.472 e. The topological polar surface area (TPSA) is 163 Å². The number of nitrogens with one attached hydrogen (secondary N) is 1. The van der Waals surface area contributed by atoms with Crippen LogP contribution in [0, 0.1) is 36.2 Å². The summed E-state index contributed by atoms with van der Waals surface area (Å²) in [6.07, 6.45) is 1.59. The van der Waals surface area contributed by atoms with Gasteiger partial charge in [-0.3, -0.25) is 19.2 Å². The number of amides is 2. The normalized spacial score (nSPS) is 24.4. The molecule has 5 atom stereocenters. The lowest BCUT2D eigenvalue weighted by Gasteiger charge is -2.35. The van der Waals surface area contributed by atoms with Crippen molar-refractivity contribution in [2.75, 3.05) is 13.1 Å². The van der Waals surface area contributed by atoms with Gasteiger partial charge >= 0.3 is 16.3 Å². The Morgan fingerprint density at radius 3 is 2.42 bits per heavy atom. The van der Waals surface area contributed by atoms with E-state index in [9.17, 15) is 27.6 Å². The zero-order chi connectivity index (χ0) is 38.4. The summed E-state index contributed by atoms with van der Waals surface area (Å²) in [6, 6.07) is 6.65. The first kappa shape index (κ1) is 39.1. The summed E-state index contributed by atoms with van der Waals surface area (Å²) >= 11 is 0. The molecular weight excluding hydrogens is 689 g/mol. The van der Waals surface area contributed by atoms with Crippen molar-refractivity contribution in [3.05, 3.63) is 47.4 Å². The summed E-state index contributed by atoms with van der Waals surface area (Å²) in [5.41, 5.74) is -2.77. The Morgan fingerprint density at radius 2 is 1.81 bits per heavy atom. The van der Waals surface area contributed by atoms with Crippen LogP contribution in [0.5, 0.6) is 5.88 Å². The second kappa shape index (κ2) is 14.0. The molecule has 1 N–H and O–H groups in total. The molecule has 1 aliphatic heterocycles. The summed E-state index contributed by atoms with van der Waals surface area (Å²) < 4.78 is 44.7. The number of ether oxygens (including phenoxy) is 2. The van der Waals surface area contributed by atoms with E-state index >= 15 is 0 Å². The maximum Gasteiger partial charge on any atom is 0.362 e. The van der Waals surface area contributed by atoms with Crippen molar-refractivity contribution in [2.24, 2.45) is 22.7 Å². The number of fused-ring (bicyclic) bond motifs is 1. The molecule has 2 amide bonds. The zero-order valence-electron chi connectivity index (χ0n) is 31.3. The number of esters is 1. The lowest BCUT2D eigenvalue weighted by Crippen LogP contribution is -2.49. The Balaban J connectivity index is 1.44. The van der Waals surface area contributed by atoms with Gasteiger partial charge in [-0.15, -0.1) is 0 Å². The van der Waals surface area contributed by atoms with Crippen molar-refractivity contribution in [3.63, 3.8) is 0 Å². The van der Waals surface area contributed by atoms with Gasteiger partial charge in [-0.05, 0) is 76.8 Å². The maximum atomic E-state index is 14.5. The first-order chi connectivity index (χ1) is 24.0. The van der Waals surface area contributed by atoms with Gasteiger partial charge in [0.05, 0.1) is 35.9 Å². The molecule has 0 radical (unpaired) electrons. The van der Waals surface area contributed by atoms with E-state index in [2.05, 4.69) is 9.83 Å². The van der Waals surface area contributed by atoms with Crippen LogP contribution >= 0.6 is 0 Å². The molecule has 2 aliphatic carbocycles. The van der Waals surface area contributed by atoms with E-state index in [1.165, 1.54) is 4.90 Å². The largest absolute Gasteiger partial charge is 0.472 e. The number of rotatable bonds is 13. The fourth-order valence-corrected chi connectivity index (χ4v) is 8.13. The summed E-state index contributed by atoms with van der Waals surface area (Å²) in [7, 11) is -4.48. The van der Waals surface area contributed by atoms with Crippen LogP contribution in [-0.2, 0) is 38.4 Å². The SMILES string of the molecule is [C-]#[N+]C[C@@H]1C[C@]1(CC(=O)[C@@H]1C[C@@H](Oc2nccc3cc(C)ccc23)CN1C(=O)[C@@H](CC(=O)OC(C)(C)C)C(C)(C)C)C(=O)NS(=O)(=O)OC1(C)CC1. The number of pyridine rings is 1. The first-order valence-corrected chi connectivity index (χ1v) is 19.1. The van der Waals surface area contributed by atoms with Crippen molar-refractivity contribution in [3.8, 4) is 5.88 Å². The Morgan fingerprint density at radius 1 is 1.12 bits per heavy atom. The molecule has 1 saturated heterocycles. The molecule has 0 bridgehead atoms. The van der Waals surface area contributed by atoms with E-state index in [1.54, 1.807) is 33.9 Å². The molecule has 5 rings (SSSR count). The van der Waals surface area contributed by atoms with Crippen LogP contribution in [0.1, 0.15) is 92.6 Å². The van der Waals surface area contributed by atoms with Gasteiger partial charge in [0.1, 0.15) is 11.7 Å². The van der Waals surface area contributed by atoms with Gasteiger partial charge in [0.2, 0.25) is 24.2 Å². The van der Waals surface area contributed by atoms with E-state index in [0.717, 1.165) is 16.3 Å². The minimum absolute atomic E-state index is 0.00550. The predicted octanol–water partition coefficient (Wildman–Crippen LogP) is 5.10. The van der Waals surface area contributed by atoms with E-state index < -0.39 is 86.3 Å². The summed E-state index contributed by atoms with van der Waals surface area (Å²) in [4.78, 5) is 65.0. The molecule has 2 aromatic rings. The molecule has 0 spiro atoms. The molecule has 0 unspecified atom stereocenters. The van der Waals surface area contributed by atoms with Crippen molar-refractivity contribution in [1.82, 2.24) is 14.6 Å². The van der Waals surface area contributed by atoms with Crippen LogP contribution in [0.4, 0.5) is 0 Å². The Bertz CT molecular complexity index is 1900. The lowest BCUT2D eigenvalue weighted by atomic mass is 9.77. The highest BCUT2D eigenvalue weighted by atomic mass is 32.2. The second-order valence-corrected chi connectivity index (χ2v) is 18.3. The molecule has 2 saturated carbocycles. The van der Waals surface area contributed by atoms with Gasteiger partial charge in [-0.1, -0.05) is 38.5 Å². The molecule has 282 valence electrons. The predicted molar refractivity (Wildman–Crippen MR) is 192 cm³/mol. The van der Waals surface area contributed by atoms with Gasteiger partial charge in [-0.25, -0.2) is 20.5 Å². The number of hydrogen-bond donors (Lipinski definition) is 1. The second-order valence-electron chi connectivity index (χ2n) is 17.0. The van der Waals surface area contributed by atoms with E-state index in [0.29, 0.717) is 18.7 Å². The highest BCUT2D eigenvalue weighted by Gasteiger charge is 2.64. The van der Waals surface area contributed by atoms with Crippen LogP contribution in [-0.4, -0.2) is 78.3 Å². The van der Waals surface area contributed by atoms with Crippen LogP contribution in [0.25, 0.3) is 15.6 Å². The van der Waals surface area contributed by atoms with Crippen LogP contribution < -0.4 is 9.46 Å². The standard InChI is InChI=1S/C38H50N4O9S/c1-23-10-11-27-24(16-23)12-15-40-32(27)49-26-17-29(42(22-26)33(45)28(35(2,3)4)18-31(44)50-36(5,6)7)30(43)20-38(19-25(38)21-39-9)34(46)41-52(47,48)51-37(8)13-14-37/h10-12,15-16,25-26,28-29H,13-14,17-22H2,1-8H3,(H,41,46)/t25-,26+,28+,29-,38+/m0/s1. The van der Waals surface area contributed by atoms with Crippen LogP contribution in [0.2, 0.25) is 0 Å². The van der Waals surface area contributed by atoms with Crippen molar-refractivity contribution in [2.45, 2.75) is 117 Å². The van der Waals surface area contributed by atoms with Crippen molar-refractivity contribution in [1.29, 1.82) is 0 Å². The lowest BCUT2D eigenvalue weighted by molar-refractivity contribution is -0.161. The molecule has 52 heavy (non-hydrogen) atoms. The van der Waals surface area contributed by atoms with Gasteiger partial charge in [0.25, 0.3) is 0 Å². The number of ketones is 1. The van der Waals surface area contributed by atoms with Gasteiger partial charge in [-0.2, -0.15) is 8.42 Å². The summed E-state index contributed by atoms with van der Waals surface area (Å²) in [5, 5.41) is 1.67. The Hall–Kier alpha value is -4.09. The number of Topliss-reactive ketones (excluding diaryl/α,β-unsaturated/α-hetero) is 1. The quantitative estimate of drug-likeness (QED) is 0.216. The number of carbonyl (C=O) groups excluding carboxylic acids is 4. The van der Waals surface area contributed by atoms with E-state index in [-0.39, 0.29) is 32.4 Å². The van der Waals surface area contributed by atoms with Gasteiger partial charge < -0.3 is 19.2 Å². The van der Waals surface area contributed by atoms with Crippen LogP contribution in [0.15, 0.2) is 30.5 Å². The van der Waals surface area contributed by atoms with E-state index in [4.69, 9.17) is 20.2 Å². The average Bonchev–Trinajstić information content (AvgIpc) is 3.86. The fraction of sp³-hybridized carbons (Fsp3) is 0.632. The highest BCUT2D eigenvalue weighted by Crippen LogP contribution is 2.56. The fourth-order valence-electron chi connectivity index (χ4n) is 6.96. The summed E-state index contributed by atoms with van der Waals surface area (Å²) in [6.45, 7) is 21.7. The van der Waals surface area contributed by atoms with E-state index in [1.807, 2.05) is 56.7 Å². The average molecular weight is 739 g/mol. The molecule has 2 heterocycles. The Kier molecular flexibility index (Phi) is 10.6. The van der Waals surface area contributed by atoms with Gasteiger partial charge in [0, 0.05) is 30.3 Å². The minimum atomic E-state index is -4.48. The van der Waals surface area contributed by atoms with Crippen LogP contribution in [0.3, 0.4) is 0 Å². The number of aromatic nitrogens is 1.